The minimum Gasteiger partial charge on any atom is -0.462 e. The summed E-state index contributed by atoms with van der Waals surface area (Å²) < 4.78 is 5.17. The van der Waals surface area contributed by atoms with Crippen LogP contribution in [0, 0.1) is 0 Å². The van der Waals surface area contributed by atoms with E-state index in [-0.39, 0.29) is 0 Å². The number of hydrogen-bond acceptors (Lipinski definition) is 5. The predicted molar refractivity (Wildman–Crippen MR) is 132 cm³/mol. The Kier molecular flexibility index (Phi) is 6.82. The van der Waals surface area contributed by atoms with E-state index in [1.807, 2.05) is 43.3 Å². The lowest BCUT2D eigenvalue weighted by Gasteiger charge is -2.24. The number of carbonyl (C=O) groups is 4. The minimum atomic E-state index is -1.29. The number of rotatable bonds is 8. The Morgan fingerprint density at radius 3 is 2.46 bits per heavy atom. The molecule has 1 saturated heterocycles. The van der Waals surface area contributed by atoms with Gasteiger partial charge in [0.15, 0.2) is 0 Å². The molecular weight excluding hydrogens is 446 g/mol. The molecule has 2 N–H and O–H groups in total. The van der Waals surface area contributed by atoms with Crippen LogP contribution in [0.15, 0.2) is 66.7 Å². The summed E-state index contributed by atoms with van der Waals surface area (Å²) in [6.07, 6.45) is 1.72. The van der Waals surface area contributed by atoms with E-state index in [4.69, 9.17) is 4.74 Å². The Labute approximate surface area is 203 Å². The number of benzene rings is 3. The summed E-state index contributed by atoms with van der Waals surface area (Å²) in [5, 5.41) is 7.21. The highest BCUT2D eigenvalue weighted by Gasteiger charge is 2.50. The van der Waals surface area contributed by atoms with Crippen LogP contribution in [0.4, 0.5) is 10.5 Å². The molecule has 1 atom stereocenters. The summed E-state index contributed by atoms with van der Waals surface area (Å²) in [6.45, 7) is 3.57. The summed E-state index contributed by atoms with van der Waals surface area (Å²) in [5.41, 5.74) is 0.180. The lowest BCUT2D eigenvalue weighted by molar-refractivity contribution is -0.133. The predicted octanol–water partition coefficient (Wildman–Crippen LogP) is 4.20. The Morgan fingerprint density at radius 1 is 1.00 bits per heavy atom. The van der Waals surface area contributed by atoms with Crippen LogP contribution in [-0.4, -0.2) is 41.9 Å². The molecule has 1 heterocycles. The second kappa shape index (κ2) is 9.97. The normalized spacial score (nSPS) is 17.4. The van der Waals surface area contributed by atoms with Crippen molar-refractivity contribution in [3.8, 4) is 0 Å². The highest BCUT2D eigenvalue weighted by atomic mass is 16.5. The molecule has 4 rings (SSSR count). The van der Waals surface area contributed by atoms with Crippen molar-refractivity contribution in [2.24, 2.45) is 0 Å². The first-order chi connectivity index (χ1) is 16.8. The van der Waals surface area contributed by atoms with E-state index in [1.54, 1.807) is 37.3 Å². The molecule has 8 heteroatoms. The highest BCUT2D eigenvalue weighted by Crippen LogP contribution is 2.33. The smallest absolute Gasteiger partial charge is 0.338 e. The van der Waals surface area contributed by atoms with Crippen LogP contribution < -0.4 is 10.6 Å². The molecule has 0 bridgehead atoms. The molecule has 180 valence electrons. The number of imide groups is 1. The van der Waals surface area contributed by atoms with Crippen LogP contribution in [0.1, 0.15) is 42.6 Å². The van der Waals surface area contributed by atoms with E-state index in [0.29, 0.717) is 23.4 Å². The number of nitrogens with zero attached hydrogens (tertiary/aromatic N) is 1. The van der Waals surface area contributed by atoms with Crippen LogP contribution in [-0.2, 0) is 19.9 Å². The molecule has 8 nitrogen and oxygen atoms in total. The van der Waals surface area contributed by atoms with Gasteiger partial charge in [0.05, 0.1) is 12.2 Å². The zero-order valence-electron chi connectivity index (χ0n) is 19.7. The Bertz CT molecular complexity index is 1280. The summed E-state index contributed by atoms with van der Waals surface area (Å²) in [5.74, 6) is -1.46. The van der Waals surface area contributed by atoms with Gasteiger partial charge < -0.3 is 15.4 Å². The van der Waals surface area contributed by atoms with Gasteiger partial charge in [0.25, 0.3) is 5.91 Å². The molecule has 0 spiro atoms. The Hall–Kier alpha value is -4.20. The molecule has 1 fully saturated rings. The fourth-order valence-corrected chi connectivity index (χ4v) is 4.11. The van der Waals surface area contributed by atoms with Gasteiger partial charge in [-0.05, 0) is 53.9 Å². The van der Waals surface area contributed by atoms with Gasteiger partial charge in [-0.15, -0.1) is 0 Å². The van der Waals surface area contributed by atoms with Crippen molar-refractivity contribution < 1.29 is 23.9 Å². The van der Waals surface area contributed by atoms with Crippen molar-refractivity contribution in [1.29, 1.82) is 0 Å². The summed E-state index contributed by atoms with van der Waals surface area (Å²) >= 11 is 0. The van der Waals surface area contributed by atoms with E-state index in [2.05, 4.69) is 10.6 Å². The first-order valence-electron chi connectivity index (χ1n) is 11.5. The number of fused-ring (bicyclic) bond motifs is 1. The monoisotopic (exact) mass is 473 g/mol. The Morgan fingerprint density at radius 2 is 1.71 bits per heavy atom. The second-order valence-corrected chi connectivity index (χ2v) is 8.59. The van der Waals surface area contributed by atoms with Gasteiger partial charge in [-0.3, -0.25) is 14.5 Å². The number of anilines is 1. The minimum absolute atomic E-state index is 0.359. The first kappa shape index (κ1) is 23.9. The van der Waals surface area contributed by atoms with Crippen LogP contribution >= 0.6 is 0 Å². The molecule has 0 saturated carbocycles. The molecule has 1 unspecified atom stereocenters. The quantitative estimate of drug-likeness (QED) is 0.290. The van der Waals surface area contributed by atoms with Gasteiger partial charge in [-0.25, -0.2) is 9.59 Å². The molecule has 3 aromatic rings. The zero-order chi connectivity index (χ0) is 25.0. The number of urea groups is 1. The third-order valence-corrected chi connectivity index (χ3v) is 6.04. The van der Waals surface area contributed by atoms with Crippen molar-refractivity contribution in [1.82, 2.24) is 10.2 Å². The maximum atomic E-state index is 13.3. The lowest BCUT2D eigenvalue weighted by atomic mass is 9.88. The molecule has 1 aliphatic rings. The van der Waals surface area contributed by atoms with Gasteiger partial charge in [-0.1, -0.05) is 55.8 Å². The standard InChI is InChI=1S/C27H27N3O5/c1-3-4-16-35-24(32)19-12-14-20(15-13-19)28-23(31)17-30-25(33)27(2,29-26(30)34)22-11-7-9-18-8-5-6-10-21(18)22/h5-15H,3-4,16-17H2,1-2H3,(H,28,31)(H,29,34). The number of nitrogens with one attached hydrogen (secondary N) is 2. The van der Waals surface area contributed by atoms with E-state index >= 15 is 0 Å². The third-order valence-electron chi connectivity index (χ3n) is 6.04. The molecule has 3 aromatic carbocycles. The molecule has 35 heavy (non-hydrogen) atoms. The van der Waals surface area contributed by atoms with E-state index in [0.717, 1.165) is 28.5 Å². The van der Waals surface area contributed by atoms with Crippen LogP contribution in [0.3, 0.4) is 0 Å². The van der Waals surface area contributed by atoms with Crippen molar-refractivity contribution in [3.05, 3.63) is 77.9 Å². The maximum Gasteiger partial charge on any atom is 0.338 e. The number of amides is 4. The van der Waals surface area contributed by atoms with E-state index in [9.17, 15) is 19.2 Å². The average Bonchev–Trinajstić information content (AvgIpc) is 3.07. The molecule has 0 radical (unpaired) electrons. The summed E-state index contributed by atoms with van der Waals surface area (Å²) in [4.78, 5) is 51.6. The van der Waals surface area contributed by atoms with Gasteiger partial charge in [0, 0.05) is 5.69 Å². The Balaban J connectivity index is 1.43. The zero-order valence-corrected chi connectivity index (χ0v) is 19.7. The number of esters is 1. The van der Waals surface area contributed by atoms with Gasteiger partial charge in [0.2, 0.25) is 5.91 Å². The number of ether oxygens (including phenoxy) is 1. The fraction of sp³-hybridized carbons (Fsp3) is 0.259. The average molecular weight is 474 g/mol. The van der Waals surface area contributed by atoms with Gasteiger partial charge in [-0.2, -0.15) is 0 Å². The molecule has 0 aliphatic carbocycles. The molecule has 4 amide bonds. The van der Waals surface area contributed by atoms with E-state index < -0.39 is 35.9 Å². The molecule has 0 aromatic heterocycles. The summed E-state index contributed by atoms with van der Waals surface area (Å²) in [6, 6.07) is 18.8. The van der Waals surface area contributed by atoms with Crippen LogP contribution in [0.2, 0.25) is 0 Å². The van der Waals surface area contributed by atoms with Gasteiger partial charge >= 0.3 is 12.0 Å². The number of carbonyl (C=O) groups excluding carboxylic acids is 4. The van der Waals surface area contributed by atoms with E-state index in [1.165, 1.54) is 0 Å². The fourth-order valence-electron chi connectivity index (χ4n) is 4.11. The third kappa shape index (κ3) is 4.87. The van der Waals surface area contributed by atoms with Crippen molar-refractivity contribution >= 4 is 40.3 Å². The highest BCUT2D eigenvalue weighted by molar-refractivity contribution is 6.11. The topological polar surface area (TPSA) is 105 Å². The number of unbranched alkanes of at least 4 members (excludes halogenated alkanes) is 1. The van der Waals surface area contributed by atoms with Crippen molar-refractivity contribution in [2.75, 3.05) is 18.5 Å². The van der Waals surface area contributed by atoms with Crippen LogP contribution in [0.25, 0.3) is 10.8 Å². The second-order valence-electron chi connectivity index (χ2n) is 8.59. The van der Waals surface area contributed by atoms with Gasteiger partial charge in [0.1, 0.15) is 12.1 Å². The largest absolute Gasteiger partial charge is 0.462 e. The van der Waals surface area contributed by atoms with Crippen molar-refractivity contribution in [2.45, 2.75) is 32.2 Å². The number of hydrogen-bond donors (Lipinski definition) is 2. The van der Waals surface area contributed by atoms with Crippen molar-refractivity contribution in [3.63, 3.8) is 0 Å². The summed E-state index contributed by atoms with van der Waals surface area (Å²) in [7, 11) is 0. The molecule has 1 aliphatic heterocycles. The first-order valence-corrected chi connectivity index (χ1v) is 11.5. The maximum absolute atomic E-state index is 13.3. The lowest BCUT2D eigenvalue weighted by Crippen LogP contribution is -2.42. The SMILES string of the molecule is CCCCOC(=O)c1ccc(NC(=O)CN2C(=O)NC(C)(c3cccc4ccccc34)C2=O)cc1. The molecular formula is C27H27N3O5. The van der Waals surface area contributed by atoms with Crippen LogP contribution in [0.5, 0.6) is 0 Å².